The molecule has 1 heterocycles. The first-order valence-corrected chi connectivity index (χ1v) is 2.75. The van der Waals surface area contributed by atoms with Crippen LogP contribution in [0, 0.1) is 0 Å². The Labute approximate surface area is 57.5 Å². The number of carbonyl (C=O) groups excluding carboxylic acids is 1. The molecule has 54 valence electrons. The van der Waals surface area contributed by atoms with Crippen molar-refractivity contribution in [3.63, 3.8) is 0 Å². The fraction of sp³-hybridized carbons (Fsp3) is 0.167. The summed E-state index contributed by atoms with van der Waals surface area (Å²) in [7, 11) is 0. The lowest BCUT2D eigenvalue weighted by Gasteiger charge is -2.03. The number of nitrogens with one attached hydrogen (secondary N) is 1. The lowest BCUT2D eigenvalue weighted by molar-refractivity contribution is -0.300. The summed E-state index contributed by atoms with van der Waals surface area (Å²) in [6, 6.07) is 0. The van der Waals surface area contributed by atoms with E-state index in [4.69, 9.17) is 5.11 Å². The van der Waals surface area contributed by atoms with Crippen molar-refractivity contribution in [2.24, 2.45) is 0 Å². The molecule has 0 fully saturated rings. The van der Waals surface area contributed by atoms with E-state index in [0.29, 0.717) is 0 Å². The van der Waals surface area contributed by atoms with Crippen molar-refractivity contribution in [3.8, 4) is 0 Å². The van der Waals surface area contributed by atoms with Crippen LogP contribution in [-0.2, 0) is 4.79 Å². The van der Waals surface area contributed by atoms with Crippen LogP contribution in [0.2, 0.25) is 0 Å². The number of amides is 1. The second kappa shape index (κ2) is 2.06. The first-order valence-electron chi connectivity index (χ1n) is 2.75. The minimum absolute atomic E-state index is 0.00231. The first-order chi connectivity index (χ1) is 4.66. The summed E-state index contributed by atoms with van der Waals surface area (Å²) in [6.07, 6.45) is 1.36. The number of aliphatic hydroxyl groups is 1. The van der Waals surface area contributed by atoms with Gasteiger partial charge in [-0.15, -0.1) is 0 Å². The molecule has 0 aromatic heterocycles. The van der Waals surface area contributed by atoms with E-state index in [9.17, 15) is 9.90 Å². The van der Waals surface area contributed by atoms with Crippen LogP contribution in [0.1, 0.15) is 6.92 Å². The third kappa shape index (κ3) is 0.737. The molecule has 0 spiro atoms. The zero-order valence-electron chi connectivity index (χ0n) is 5.34. The highest BCUT2D eigenvalue weighted by molar-refractivity contribution is 6.00. The van der Waals surface area contributed by atoms with Gasteiger partial charge in [0, 0.05) is 5.57 Å². The summed E-state index contributed by atoms with van der Waals surface area (Å²) < 4.78 is 0. The van der Waals surface area contributed by atoms with Crippen LogP contribution in [0.3, 0.4) is 0 Å². The van der Waals surface area contributed by atoms with Crippen LogP contribution in [0.25, 0.3) is 0 Å². The molecule has 0 aromatic carbocycles. The molecule has 0 unspecified atom stereocenters. The van der Waals surface area contributed by atoms with E-state index in [1.165, 1.54) is 6.08 Å². The Balaban J connectivity index is 3.06. The summed E-state index contributed by atoms with van der Waals surface area (Å²) in [5, 5.41) is 21.4. The molecule has 0 aromatic rings. The van der Waals surface area contributed by atoms with Crippen molar-refractivity contribution in [1.82, 2.24) is 5.32 Å². The SMILES string of the molecule is CC=C1C(=O)NC(O)=C1[O-]. The van der Waals surface area contributed by atoms with Gasteiger partial charge in [-0.05, 0) is 12.7 Å². The van der Waals surface area contributed by atoms with Crippen molar-refractivity contribution >= 4 is 5.91 Å². The molecule has 0 atom stereocenters. The van der Waals surface area contributed by atoms with Crippen LogP contribution in [0.5, 0.6) is 0 Å². The van der Waals surface area contributed by atoms with E-state index in [1.54, 1.807) is 6.92 Å². The maximum absolute atomic E-state index is 10.7. The number of hydrogen-bond acceptors (Lipinski definition) is 3. The largest absolute Gasteiger partial charge is 0.868 e. The van der Waals surface area contributed by atoms with Gasteiger partial charge in [0.25, 0.3) is 5.91 Å². The lowest BCUT2D eigenvalue weighted by Crippen LogP contribution is -2.15. The minimum atomic E-state index is -0.632. The second-order valence-electron chi connectivity index (χ2n) is 1.83. The Hall–Kier alpha value is -1.45. The molecular weight excluding hydrogens is 134 g/mol. The molecule has 4 heteroatoms. The zero-order chi connectivity index (χ0) is 7.72. The van der Waals surface area contributed by atoms with E-state index in [2.05, 4.69) is 0 Å². The van der Waals surface area contributed by atoms with Crippen LogP contribution >= 0.6 is 0 Å². The molecule has 1 rings (SSSR count). The second-order valence-corrected chi connectivity index (χ2v) is 1.83. The predicted molar refractivity (Wildman–Crippen MR) is 31.6 cm³/mol. The summed E-state index contributed by atoms with van der Waals surface area (Å²) in [4.78, 5) is 10.6. The van der Waals surface area contributed by atoms with Crippen molar-refractivity contribution < 1.29 is 15.0 Å². The van der Waals surface area contributed by atoms with E-state index in [0.717, 1.165) is 0 Å². The maximum Gasteiger partial charge on any atom is 0.257 e. The fourth-order valence-electron chi connectivity index (χ4n) is 0.725. The third-order valence-electron chi connectivity index (χ3n) is 1.22. The van der Waals surface area contributed by atoms with Crippen molar-refractivity contribution in [2.45, 2.75) is 6.92 Å². The van der Waals surface area contributed by atoms with E-state index < -0.39 is 17.5 Å². The molecule has 1 aliphatic rings. The monoisotopic (exact) mass is 140 g/mol. The Kier molecular flexibility index (Phi) is 1.37. The predicted octanol–water partition coefficient (Wildman–Crippen LogP) is -0.850. The Morgan fingerprint density at radius 3 is 2.50 bits per heavy atom. The Morgan fingerprint density at radius 2 is 2.30 bits per heavy atom. The van der Waals surface area contributed by atoms with Crippen LogP contribution < -0.4 is 10.4 Å². The summed E-state index contributed by atoms with van der Waals surface area (Å²) >= 11 is 0. The van der Waals surface area contributed by atoms with Crippen LogP contribution in [-0.4, -0.2) is 11.0 Å². The number of carbonyl (C=O) groups is 1. The molecule has 0 bridgehead atoms. The highest BCUT2D eigenvalue weighted by Gasteiger charge is 2.18. The van der Waals surface area contributed by atoms with E-state index in [1.807, 2.05) is 5.32 Å². The van der Waals surface area contributed by atoms with Crippen LogP contribution in [0.15, 0.2) is 23.3 Å². The molecule has 0 radical (unpaired) electrons. The molecule has 1 aliphatic heterocycles. The number of hydrogen-bond donors (Lipinski definition) is 2. The van der Waals surface area contributed by atoms with Gasteiger partial charge in [-0.25, -0.2) is 0 Å². The van der Waals surface area contributed by atoms with E-state index >= 15 is 0 Å². The molecule has 0 saturated carbocycles. The highest BCUT2D eigenvalue weighted by Crippen LogP contribution is 2.12. The van der Waals surface area contributed by atoms with Gasteiger partial charge in [0.1, 0.15) is 0 Å². The molecule has 0 saturated heterocycles. The number of rotatable bonds is 0. The Bertz CT molecular complexity index is 239. The van der Waals surface area contributed by atoms with Gasteiger partial charge in [-0.1, -0.05) is 6.08 Å². The quantitative estimate of drug-likeness (QED) is 0.430. The normalized spacial score (nSPS) is 22.1. The Morgan fingerprint density at radius 1 is 1.70 bits per heavy atom. The van der Waals surface area contributed by atoms with Crippen molar-refractivity contribution in [1.29, 1.82) is 0 Å². The van der Waals surface area contributed by atoms with Gasteiger partial charge in [0.05, 0.1) is 0 Å². The average Bonchev–Trinajstić information content (AvgIpc) is 2.09. The molecule has 2 N–H and O–H groups in total. The standard InChI is InChI=1S/C6H7NO3/c1-2-3-4(8)6(10)7-5(3)9/h2,8,10H,1H3,(H,7,9)/p-1. The molecule has 1 amide bonds. The van der Waals surface area contributed by atoms with Crippen molar-refractivity contribution in [2.75, 3.05) is 0 Å². The molecule has 10 heavy (non-hydrogen) atoms. The third-order valence-corrected chi connectivity index (χ3v) is 1.22. The van der Waals surface area contributed by atoms with Gasteiger partial charge < -0.3 is 10.2 Å². The maximum atomic E-state index is 10.7. The summed E-state index contributed by atoms with van der Waals surface area (Å²) in [5.41, 5.74) is -0.00231. The number of allylic oxidation sites excluding steroid dienone is 1. The van der Waals surface area contributed by atoms with Gasteiger partial charge in [-0.2, -0.15) is 0 Å². The summed E-state index contributed by atoms with van der Waals surface area (Å²) in [5.74, 6) is -1.75. The first kappa shape index (κ1) is 6.67. The molecular formula is C6H6NO3-. The van der Waals surface area contributed by atoms with Gasteiger partial charge in [0.15, 0.2) is 5.88 Å². The lowest BCUT2D eigenvalue weighted by atomic mass is 10.2. The summed E-state index contributed by atoms with van der Waals surface area (Å²) in [6.45, 7) is 1.56. The van der Waals surface area contributed by atoms with Gasteiger partial charge >= 0.3 is 0 Å². The minimum Gasteiger partial charge on any atom is -0.868 e. The van der Waals surface area contributed by atoms with Gasteiger partial charge in [-0.3, -0.25) is 10.1 Å². The van der Waals surface area contributed by atoms with E-state index in [-0.39, 0.29) is 5.57 Å². The fourth-order valence-corrected chi connectivity index (χ4v) is 0.725. The topological polar surface area (TPSA) is 72.4 Å². The van der Waals surface area contributed by atoms with Gasteiger partial charge in [0.2, 0.25) is 0 Å². The number of aliphatic hydroxyl groups excluding tert-OH is 1. The van der Waals surface area contributed by atoms with Crippen LogP contribution in [0.4, 0.5) is 0 Å². The highest BCUT2D eigenvalue weighted by atomic mass is 16.3. The molecule has 0 aliphatic carbocycles. The van der Waals surface area contributed by atoms with Crippen molar-refractivity contribution in [3.05, 3.63) is 23.3 Å². The zero-order valence-corrected chi connectivity index (χ0v) is 5.34. The molecule has 4 nitrogen and oxygen atoms in total. The smallest absolute Gasteiger partial charge is 0.257 e. The average molecular weight is 140 g/mol.